The molecule has 5 rings (SSSR count). The summed E-state index contributed by atoms with van der Waals surface area (Å²) in [6.45, 7) is 1.22. The van der Waals surface area contributed by atoms with Crippen molar-refractivity contribution in [1.82, 2.24) is 9.88 Å². The van der Waals surface area contributed by atoms with Crippen LogP contribution >= 0.6 is 0 Å². The SMILES string of the molecule is O=C(c1ccccc1)C1CCN(C(=O)CCc2c(-c3ccc(F)cc3)[nH]c3ccccc23)CC1. The number of amides is 1. The van der Waals surface area contributed by atoms with Gasteiger partial charge in [-0.15, -0.1) is 0 Å². The van der Waals surface area contributed by atoms with Crippen LogP contribution in [0.4, 0.5) is 4.39 Å². The Bertz CT molecular complexity index is 1300. The van der Waals surface area contributed by atoms with Gasteiger partial charge in [0, 0.05) is 47.6 Å². The van der Waals surface area contributed by atoms with Crippen LogP contribution in [0.3, 0.4) is 0 Å². The Morgan fingerprint density at radius 1 is 0.882 bits per heavy atom. The van der Waals surface area contributed by atoms with Gasteiger partial charge in [-0.1, -0.05) is 48.5 Å². The molecule has 1 fully saturated rings. The Kier molecular flexibility index (Phi) is 6.26. The molecule has 0 unspecified atom stereocenters. The third kappa shape index (κ3) is 4.51. The Morgan fingerprint density at radius 2 is 1.56 bits per heavy atom. The summed E-state index contributed by atoms with van der Waals surface area (Å²) >= 11 is 0. The van der Waals surface area contributed by atoms with Crippen LogP contribution in [0, 0.1) is 11.7 Å². The van der Waals surface area contributed by atoms with Gasteiger partial charge in [0.25, 0.3) is 0 Å². The van der Waals surface area contributed by atoms with Gasteiger partial charge in [-0.2, -0.15) is 0 Å². The summed E-state index contributed by atoms with van der Waals surface area (Å²) in [5.41, 5.74) is 4.66. The molecule has 0 aliphatic carbocycles. The van der Waals surface area contributed by atoms with Gasteiger partial charge in [0.05, 0.1) is 0 Å². The molecule has 5 heteroatoms. The van der Waals surface area contributed by atoms with Gasteiger partial charge in [-0.3, -0.25) is 9.59 Å². The average molecular weight is 455 g/mol. The Hall–Kier alpha value is -3.73. The van der Waals surface area contributed by atoms with Crippen LogP contribution in [0.25, 0.3) is 22.2 Å². The highest BCUT2D eigenvalue weighted by molar-refractivity contribution is 5.98. The number of benzene rings is 3. The van der Waals surface area contributed by atoms with Crippen molar-refractivity contribution in [2.75, 3.05) is 13.1 Å². The highest BCUT2D eigenvalue weighted by atomic mass is 19.1. The molecule has 0 saturated carbocycles. The number of nitrogens with zero attached hydrogens (tertiary/aromatic N) is 1. The number of likely N-dealkylation sites (tertiary alicyclic amines) is 1. The summed E-state index contributed by atoms with van der Waals surface area (Å²) in [5, 5.41) is 1.08. The Morgan fingerprint density at radius 3 is 2.29 bits per heavy atom. The van der Waals surface area contributed by atoms with E-state index >= 15 is 0 Å². The summed E-state index contributed by atoms with van der Waals surface area (Å²) in [6.07, 6.45) is 2.40. The molecular weight excluding hydrogens is 427 g/mol. The fourth-order valence-electron chi connectivity index (χ4n) is 4.94. The predicted octanol–water partition coefficient (Wildman–Crippen LogP) is 6.03. The van der Waals surface area contributed by atoms with Crippen molar-refractivity contribution in [3.05, 3.63) is 95.8 Å². The highest BCUT2D eigenvalue weighted by Gasteiger charge is 2.28. The number of H-pyrrole nitrogens is 1. The smallest absolute Gasteiger partial charge is 0.222 e. The van der Waals surface area contributed by atoms with E-state index < -0.39 is 0 Å². The summed E-state index contributed by atoms with van der Waals surface area (Å²) in [7, 11) is 0. The van der Waals surface area contributed by atoms with Crippen LogP contribution < -0.4 is 0 Å². The third-order valence-corrected chi connectivity index (χ3v) is 6.81. The lowest BCUT2D eigenvalue weighted by Crippen LogP contribution is -2.40. The van der Waals surface area contributed by atoms with Gasteiger partial charge < -0.3 is 9.88 Å². The first kappa shape index (κ1) is 22.1. The van der Waals surface area contributed by atoms with Crippen molar-refractivity contribution < 1.29 is 14.0 Å². The van der Waals surface area contributed by atoms with Gasteiger partial charge in [0.15, 0.2) is 5.78 Å². The largest absolute Gasteiger partial charge is 0.354 e. The topological polar surface area (TPSA) is 53.2 Å². The van der Waals surface area contributed by atoms with Crippen molar-refractivity contribution in [2.45, 2.75) is 25.7 Å². The lowest BCUT2D eigenvalue weighted by Gasteiger charge is -2.31. The molecule has 1 amide bonds. The monoisotopic (exact) mass is 454 g/mol. The van der Waals surface area contributed by atoms with E-state index in [-0.39, 0.29) is 23.4 Å². The zero-order chi connectivity index (χ0) is 23.5. The number of Topliss-reactive ketones (excluding diaryl/α,β-unsaturated/α-hetero) is 1. The molecule has 0 radical (unpaired) electrons. The molecule has 3 aromatic carbocycles. The maximum Gasteiger partial charge on any atom is 0.222 e. The second kappa shape index (κ2) is 9.64. The number of nitrogens with one attached hydrogen (secondary N) is 1. The summed E-state index contributed by atoms with van der Waals surface area (Å²) < 4.78 is 13.5. The van der Waals surface area contributed by atoms with E-state index in [1.54, 1.807) is 12.1 Å². The van der Waals surface area contributed by atoms with Crippen LogP contribution in [-0.2, 0) is 11.2 Å². The number of halogens is 1. The number of para-hydroxylation sites is 1. The fourth-order valence-corrected chi connectivity index (χ4v) is 4.94. The van der Waals surface area contributed by atoms with Gasteiger partial charge in [0.2, 0.25) is 5.91 Å². The normalized spacial score (nSPS) is 14.4. The molecule has 1 N–H and O–H groups in total. The maximum atomic E-state index is 13.5. The average Bonchev–Trinajstić information content (AvgIpc) is 3.26. The van der Waals surface area contributed by atoms with Crippen molar-refractivity contribution in [3.8, 4) is 11.3 Å². The number of hydrogen-bond acceptors (Lipinski definition) is 2. The van der Waals surface area contributed by atoms with Crippen LogP contribution in [0.15, 0.2) is 78.9 Å². The van der Waals surface area contributed by atoms with Crippen molar-refractivity contribution in [1.29, 1.82) is 0 Å². The van der Waals surface area contributed by atoms with E-state index in [4.69, 9.17) is 0 Å². The first-order chi connectivity index (χ1) is 16.6. The van der Waals surface area contributed by atoms with Crippen LogP contribution in [0.5, 0.6) is 0 Å². The second-order valence-electron chi connectivity index (χ2n) is 8.92. The van der Waals surface area contributed by atoms with Crippen molar-refractivity contribution in [3.63, 3.8) is 0 Å². The number of aromatic nitrogens is 1. The number of aromatic amines is 1. The number of carbonyl (C=O) groups is 2. The number of aryl methyl sites for hydroxylation is 1. The molecule has 0 atom stereocenters. The van der Waals surface area contributed by atoms with E-state index in [2.05, 4.69) is 11.1 Å². The first-order valence-corrected chi connectivity index (χ1v) is 11.8. The predicted molar refractivity (Wildman–Crippen MR) is 132 cm³/mol. The first-order valence-electron chi connectivity index (χ1n) is 11.8. The lowest BCUT2D eigenvalue weighted by molar-refractivity contribution is -0.132. The number of rotatable bonds is 6. The van der Waals surface area contributed by atoms with E-state index in [1.165, 1.54) is 12.1 Å². The minimum Gasteiger partial charge on any atom is -0.354 e. The van der Waals surface area contributed by atoms with E-state index in [1.807, 2.05) is 53.4 Å². The second-order valence-corrected chi connectivity index (χ2v) is 8.92. The zero-order valence-corrected chi connectivity index (χ0v) is 19.0. The van der Waals surface area contributed by atoms with Crippen LogP contribution in [0.1, 0.15) is 35.2 Å². The molecule has 0 bridgehead atoms. The molecule has 4 nitrogen and oxygen atoms in total. The number of fused-ring (bicyclic) bond motifs is 1. The maximum absolute atomic E-state index is 13.5. The molecule has 1 saturated heterocycles. The van der Waals surface area contributed by atoms with Crippen LogP contribution in [-0.4, -0.2) is 34.7 Å². The van der Waals surface area contributed by atoms with Gasteiger partial charge in [-0.25, -0.2) is 4.39 Å². The Labute approximate surface area is 198 Å². The quantitative estimate of drug-likeness (QED) is 0.362. The van der Waals surface area contributed by atoms with Crippen molar-refractivity contribution in [2.24, 2.45) is 5.92 Å². The van der Waals surface area contributed by atoms with Gasteiger partial charge in [0.1, 0.15) is 5.82 Å². The summed E-state index contributed by atoms with van der Waals surface area (Å²) in [6, 6.07) is 23.9. The molecule has 172 valence electrons. The van der Waals surface area contributed by atoms with Gasteiger partial charge in [-0.05, 0) is 60.7 Å². The number of carbonyl (C=O) groups excluding carboxylic acids is 2. The van der Waals surface area contributed by atoms with E-state index in [9.17, 15) is 14.0 Å². The third-order valence-electron chi connectivity index (χ3n) is 6.81. The molecule has 1 aliphatic rings. The molecule has 1 aliphatic heterocycles. The molecule has 2 heterocycles. The summed E-state index contributed by atoms with van der Waals surface area (Å²) in [5.74, 6) is -0.00716. The number of piperidine rings is 1. The van der Waals surface area contributed by atoms with E-state index in [0.29, 0.717) is 38.8 Å². The zero-order valence-electron chi connectivity index (χ0n) is 19.0. The summed E-state index contributed by atoms with van der Waals surface area (Å²) in [4.78, 5) is 31.1. The molecule has 4 aromatic rings. The molecular formula is C29H27FN2O2. The Balaban J connectivity index is 1.26. The molecule has 0 spiro atoms. The molecule has 34 heavy (non-hydrogen) atoms. The van der Waals surface area contributed by atoms with Gasteiger partial charge >= 0.3 is 0 Å². The number of hydrogen-bond donors (Lipinski definition) is 1. The minimum absolute atomic E-state index is 0.0230. The number of ketones is 1. The van der Waals surface area contributed by atoms with E-state index in [0.717, 1.165) is 33.3 Å². The minimum atomic E-state index is -0.272. The fraction of sp³-hybridized carbons (Fsp3) is 0.241. The lowest BCUT2D eigenvalue weighted by atomic mass is 9.88. The highest BCUT2D eigenvalue weighted by Crippen LogP contribution is 2.32. The van der Waals surface area contributed by atoms with Crippen molar-refractivity contribution >= 4 is 22.6 Å². The standard InChI is InChI=1S/C29H27FN2O2/c30-23-12-10-20(11-13-23)28-25(24-8-4-5-9-26(24)31-28)14-15-27(33)32-18-16-22(17-19-32)29(34)21-6-2-1-3-7-21/h1-13,22,31H,14-19H2. The molecule has 1 aromatic heterocycles. The van der Waals surface area contributed by atoms with Crippen LogP contribution in [0.2, 0.25) is 0 Å².